The minimum absolute atomic E-state index is 0.192. The van der Waals surface area contributed by atoms with Crippen LogP contribution in [0.1, 0.15) is 12.0 Å². The summed E-state index contributed by atoms with van der Waals surface area (Å²) in [5, 5.41) is 0. The highest BCUT2D eigenvalue weighted by atomic mass is 19.3. The van der Waals surface area contributed by atoms with E-state index < -0.39 is 6.43 Å². The van der Waals surface area contributed by atoms with Gasteiger partial charge in [0.05, 0.1) is 13.2 Å². The van der Waals surface area contributed by atoms with E-state index in [4.69, 9.17) is 10.5 Å². The molecule has 0 aromatic heterocycles. The van der Waals surface area contributed by atoms with E-state index in [1.165, 1.54) is 0 Å². The third-order valence-corrected chi connectivity index (χ3v) is 2.54. The Morgan fingerprint density at radius 3 is 2.83 bits per heavy atom. The maximum absolute atomic E-state index is 12.1. The molecule has 18 heavy (non-hydrogen) atoms. The second-order valence-corrected chi connectivity index (χ2v) is 4.21. The van der Waals surface area contributed by atoms with Gasteiger partial charge in [-0.1, -0.05) is 12.1 Å². The molecule has 0 saturated heterocycles. The lowest BCUT2D eigenvalue weighted by molar-refractivity contribution is 0.0977. The smallest absolute Gasteiger partial charge is 0.251 e. The maximum atomic E-state index is 12.1. The second kappa shape index (κ2) is 8.00. The first-order valence-corrected chi connectivity index (χ1v) is 6.00. The number of hydrogen-bond donors (Lipinski definition) is 1. The monoisotopic (exact) mass is 258 g/mol. The number of rotatable bonds is 8. The average molecular weight is 258 g/mol. The van der Waals surface area contributed by atoms with Gasteiger partial charge in [0.2, 0.25) is 0 Å². The largest absolute Gasteiger partial charge is 0.494 e. The van der Waals surface area contributed by atoms with E-state index >= 15 is 0 Å². The summed E-state index contributed by atoms with van der Waals surface area (Å²) in [6, 6.07) is 7.58. The van der Waals surface area contributed by atoms with Crippen LogP contribution >= 0.6 is 0 Å². The van der Waals surface area contributed by atoms with Gasteiger partial charge in [0, 0.05) is 13.1 Å². The molecule has 0 atom stereocenters. The molecule has 0 spiro atoms. The molecule has 102 valence electrons. The number of benzene rings is 1. The Morgan fingerprint density at radius 2 is 2.17 bits per heavy atom. The highest BCUT2D eigenvalue weighted by molar-refractivity contribution is 5.28. The van der Waals surface area contributed by atoms with Gasteiger partial charge in [-0.3, -0.25) is 0 Å². The molecule has 1 rings (SSSR count). The highest BCUT2D eigenvalue weighted by Crippen LogP contribution is 2.13. The van der Waals surface area contributed by atoms with E-state index in [0.29, 0.717) is 19.7 Å². The molecule has 0 amide bonds. The zero-order valence-corrected chi connectivity index (χ0v) is 10.6. The van der Waals surface area contributed by atoms with Gasteiger partial charge in [0.15, 0.2) is 0 Å². The average Bonchev–Trinajstić information content (AvgIpc) is 2.34. The Kier molecular flexibility index (Phi) is 6.60. The molecule has 0 unspecified atom stereocenters. The van der Waals surface area contributed by atoms with Crippen molar-refractivity contribution >= 4 is 0 Å². The fourth-order valence-corrected chi connectivity index (χ4v) is 1.61. The van der Waals surface area contributed by atoms with Gasteiger partial charge in [-0.05, 0) is 31.2 Å². The Bertz CT molecular complexity index is 348. The molecule has 0 heterocycles. The lowest BCUT2D eigenvalue weighted by Crippen LogP contribution is -2.26. The minimum Gasteiger partial charge on any atom is -0.494 e. The predicted molar refractivity (Wildman–Crippen MR) is 67.9 cm³/mol. The predicted octanol–water partition coefficient (Wildman–Crippen LogP) is 2.11. The molecule has 0 radical (unpaired) electrons. The van der Waals surface area contributed by atoms with Crippen LogP contribution in [0, 0.1) is 0 Å². The van der Waals surface area contributed by atoms with Crippen LogP contribution in [0.25, 0.3) is 0 Å². The summed E-state index contributed by atoms with van der Waals surface area (Å²) in [7, 11) is 1.68. The second-order valence-electron chi connectivity index (χ2n) is 4.21. The van der Waals surface area contributed by atoms with Gasteiger partial charge in [0.1, 0.15) is 5.75 Å². The summed E-state index contributed by atoms with van der Waals surface area (Å²) in [6.45, 7) is 1.40. The molecule has 1 aromatic carbocycles. The van der Waals surface area contributed by atoms with E-state index in [9.17, 15) is 8.78 Å². The number of alkyl halides is 2. The summed E-state index contributed by atoms with van der Waals surface area (Å²) in [4.78, 5) is 1.60. The molecular formula is C13H20F2N2O. The number of nitrogens with two attached hydrogens (primary N) is 1. The lowest BCUT2D eigenvalue weighted by Gasteiger charge is -2.15. The third-order valence-electron chi connectivity index (χ3n) is 2.54. The number of hydrogen-bond acceptors (Lipinski definition) is 3. The topological polar surface area (TPSA) is 38.5 Å². The van der Waals surface area contributed by atoms with Gasteiger partial charge in [-0.2, -0.15) is 0 Å². The molecule has 5 heteroatoms. The molecule has 0 bridgehead atoms. The standard InChI is InChI=1S/C13H20F2N2O/c1-17(10-13(14)15)6-3-7-18-12-5-2-4-11(8-12)9-16/h2,4-5,8,13H,3,6-7,9-10,16H2,1H3. The summed E-state index contributed by atoms with van der Waals surface area (Å²) in [5.74, 6) is 0.773. The SMILES string of the molecule is CN(CCCOc1cccc(CN)c1)CC(F)F. The van der Waals surface area contributed by atoms with Gasteiger partial charge < -0.3 is 15.4 Å². The Balaban J connectivity index is 2.21. The first-order chi connectivity index (χ1) is 8.61. The van der Waals surface area contributed by atoms with E-state index in [1.54, 1.807) is 11.9 Å². The number of halogens is 2. The van der Waals surface area contributed by atoms with E-state index in [-0.39, 0.29) is 6.54 Å². The Labute approximate surface area is 107 Å². The normalized spacial score (nSPS) is 11.2. The van der Waals surface area contributed by atoms with Gasteiger partial charge in [-0.15, -0.1) is 0 Å². The molecule has 0 aliphatic rings. The number of ether oxygens (including phenoxy) is 1. The quantitative estimate of drug-likeness (QED) is 0.726. The van der Waals surface area contributed by atoms with Crippen molar-refractivity contribution in [2.24, 2.45) is 5.73 Å². The fraction of sp³-hybridized carbons (Fsp3) is 0.538. The fourth-order valence-electron chi connectivity index (χ4n) is 1.61. The van der Waals surface area contributed by atoms with Crippen LogP contribution in [0.4, 0.5) is 8.78 Å². The first kappa shape index (κ1) is 14.9. The molecule has 0 saturated carbocycles. The Hall–Kier alpha value is -1.20. The van der Waals surface area contributed by atoms with Crippen LogP contribution in [0.3, 0.4) is 0 Å². The van der Waals surface area contributed by atoms with Crippen molar-refractivity contribution in [1.82, 2.24) is 4.90 Å². The van der Waals surface area contributed by atoms with Crippen LogP contribution in [0.2, 0.25) is 0 Å². The first-order valence-electron chi connectivity index (χ1n) is 6.00. The van der Waals surface area contributed by atoms with Crippen LogP contribution in [0.15, 0.2) is 24.3 Å². The van der Waals surface area contributed by atoms with Gasteiger partial charge in [-0.25, -0.2) is 8.78 Å². The van der Waals surface area contributed by atoms with Gasteiger partial charge in [0.25, 0.3) is 6.43 Å². The van der Waals surface area contributed by atoms with E-state index in [0.717, 1.165) is 17.7 Å². The van der Waals surface area contributed by atoms with Crippen molar-refractivity contribution in [2.75, 3.05) is 26.7 Å². The minimum atomic E-state index is -2.28. The molecule has 0 aliphatic carbocycles. The summed E-state index contributed by atoms with van der Waals surface area (Å²) in [6.07, 6.45) is -1.56. The molecular weight excluding hydrogens is 238 g/mol. The number of nitrogens with zero attached hydrogens (tertiary/aromatic N) is 1. The van der Waals surface area contributed by atoms with Crippen LogP contribution in [-0.2, 0) is 6.54 Å². The maximum Gasteiger partial charge on any atom is 0.251 e. The molecule has 3 nitrogen and oxygen atoms in total. The zero-order chi connectivity index (χ0) is 13.4. The van der Waals surface area contributed by atoms with E-state index in [2.05, 4.69) is 0 Å². The van der Waals surface area contributed by atoms with Crippen LogP contribution in [0.5, 0.6) is 5.75 Å². The molecule has 1 aromatic rings. The van der Waals surface area contributed by atoms with Crippen LogP contribution in [-0.4, -0.2) is 38.1 Å². The lowest BCUT2D eigenvalue weighted by atomic mass is 10.2. The van der Waals surface area contributed by atoms with Crippen LogP contribution < -0.4 is 10.5 Å². The zero-order valence-electron chi connectivity index (χ0n) is 10.6. The van der Waals surface area contributed by atoms with Gasteiger partial charge >= 0.3 is 0 Å². The highest BCUT2D eigenvalue weighted by Gasteiger charge is 2.06. The molecule has 0 aliphatic heterocycles. The van der Waals surface area contributed by atoms with Crippen molar-refractivity contribution in [2.45, 2.75) is 19.4 Å². The Morgan fingerprint density at radius 1 is 1.39 bits per heavy atom. The van der Waals surface area contributed by atoms with E-state index in [1.807, 2.05) is 24.3 Å². The summed E-state index contributed by atoms with van der Waals surface area (Å²) < 4.78 is 29.7. The summed E-state index contributed by atoms with van der Waals surface area (Å²) >= 11 is 0. The van der Waals surface area contributed by atoms with Crippen molar-refractivity contribution in [3.63, 3.8) is 0 Å². The van der Waals surface area contributed by atoms with Crippen molar-refractivity contribution in [3.05, 3.63) is 29.8 Å². The van der Waals surface area contributed by atoms with Crippen molar-refractivity contribution in [1.29, 1.82) is 0 Å². The molecule has 0 fully saturated rings. The third kappa shape index (κ3) is 5.93. The summed E-state index contributed by atoms with van der Waals surface area (Å²) in [5.41, 5.74) is 6.54. The van der Waals surface area contributed by atoms with Crippen molar-refractivity contribution in [3.8, 4) is 5.75 Å². The van der Waals surface area contributed by atoms with Crippen molar-refractivity contribution < 1.29 is 13.5 Å². The molecule has 2 N–H and O–H groups in total.